The molecule has 1 heterocycles. The summed E-state index contributed by atoms with van der Waals surface area (Å²) in [5.41, 5.74) is 0. The van der Waals surface area contributed by atoms with E-state index in [1.165, 1.54) is 0 Å². The minimum Gasteiger partial charge on any atom is -0.481 e. The summed E-state index contributed by atoms with van der Waals surface area (Å²) in [7, 11) is 0. The molecule has 0 unspecified atom stereocenters. The van der Waals surface area contributed by atoms with Crippen molar-refractivity contribution >= 4 is 5.97 Å². The summed E-state index contributed by atoms with van der Waals surface area (Å²) < 4.78 is 0. The van der Waals surface area contributed by atoms with E-state index in [2.05, 4.69) is 4.98 Å². The minimum atomic E-state index is -0.833. The zero-order valence-electron chi connectivity index (χ0n) is 6.40. The molecule has 1 aromatic rings. The number of nitrogens with zero attached hydrogens (tertiary/aromatic N) is 1. The summed E-state index contributed by atoms with van der Waals surface area (Å²) in [6, 6.07) is 5.72. The third-order valence-electron chi connectivity index (χ3n) is 0.566. The summed E-state index contributed by atoms with van der Waals surface area (Å²) in [5.74, 6) is -0.833. The number of aromatic nitrogens is 1. The molecule has 1 N–H and O–H groups in total. The number of aliphatic carboxylic acids is 1. The first kappa shape index (κ1) is 13.2. The van der Waals surface area contributed by atoms with Crippen molar-refractivity contribution in [3.05, 3.63) is 30.6 Å². The van der Waals surface area contributed by atoms with Gasteiger partial charge in [-0.15, -0.1) is 0 Å². The van der Waals surface area contributed by atoms with Gasteiger partial charge in [0.15, 0.2) is 0 Å². The van der Waals surface area contributed by atoms with Crippen LogP contribution in [0, 0.1) is 0 Å². The van der Waals surface area contributed by atoms with E-state index in [0.717, 1.165) is 6.92 Å². The van der Waals surface area contributed by atoms with Crippen LogP contribution >= 0.6 is 0 Å². The number of rotatable bonds is 0. The van der Waals surface area contributed by atoms with E-state index in [1.54, 1.807) is 12.4 Å². The molecule has 0 aliphatic carbocycles. The zero-order chi connectivity index (χ0) is 7.82. The first-order valence-corrected chi connectivity index (χ1v) is 2.78. The monoisotopic (exact) mass is 253 g/mol. The molecule has 0 radical (unpaired) electrons. The molecule has 11 heavy (non-hydrogen) atoms. The Hall–Kier alpha value is -0.458. The van der Waals surface area contributed by atoms with Crippen LogP contribution in [0.5, 0.6) is 0 Å². The van der Waals surface area contributed by atoms with Crippen LogP contribution in [0.3, 0.4) is 0 Å². The van der Waals surface area contributed by atoms with Gasteiger partial charge in [-0.3, -0.25) is 9.78 Å². The van der Waals surface area contributed by atoms with Gasteiger partial charge in [0.1, 0.15) is 0 Å². The predicted molar refractivity (Wildman–Crippen MR) is 37.5 cm³/mol. The van der Waals surface area contributed by atoms with E-state index in [-0.39, 0.29) is 27.3 Å². The third-order valence-corrected chi connectivity index (χ3v) is 0.566. The summed E-state index contributed by atoms with van der Waals surface area (Å²) in [6.07, 6.45) is 3.50. The van der Waals surface area contributed by atoms with Crippen molar-refractivity contribution in [3.63, 3.8) is 0 Å². The van der Waals surface area contributed by atoms with Gasteiger partial charge in [-0.1, -0.05) is 6.07 Å². The van der Waals surface area contributed by atoms with Crippen LogP contribution in [0.2, 0.25) is 0 Å². The molecule has 0 spiro atoms. The van der Waals surface area contributed by atoms with E-state index in [9.17, 15) is 0 Å². The van der Waals surface area contributed by atoms with Crippen molar-refractivity contribution in [2.24, 2.45) is 0 Å². The largest absolute Gasteiger partial charge is 0.481 e. The van der Waals surface area contributed by atoms with Gasteiger partial charge in [-0.05, 0) is 12.1 Å². The molecule has 3 nitrogen and oxygen atoms in total. The second-order valence-electron chi connectivity index (χ2n) is 1.54. The molecule has 4 heteroatoms. The number of hydrogen-bond acceptors (Lipinski definition) is 2. The number of hydrogen-bond donors (Lipinski definition) is 1. The van der Waals surface area contributed by atoms with Crippen LogP contribution in [0.25, 0.3) is 0 Å². The van der Waals surface area contributed by atoms with E-state index in [0.29, 0.717) is 0 Å². The number of carbonyl (C=O) groups is 1. The predicted octanol–water partition coefficient (Wildman–Crippen LogP) is 1.17. The summed E-state index contributed by atoms with van der Waals surface area (Å²) >= 11 is 0. The average molecular weight is 252 g/mol. The van der Waals surface area contributed by atoms with E-state index in [1.807, 2.05) is 18.2 Å². The van der Waals surface area contributed by atoms with E-state index in [4.69, 9.17) is 9.90 Å². The van der Waals surface area contributed by atoms with Gasteiger partial charge < -0.3 is 5.11 Å². The van der Waals surface area contributed by atoms with Crippen LogP contribution in [0.15, 0.2) is 30.6 Å². The molecule has 56 valence electrons. The van der Waals surface area contributed by atoms with Gasteiger partial charge in [0, 0.05) is 46.6 Å². The Kier molecular flexibility index (Phi) is 11.4. The van der Waals surface area contributed by atoms with Crippen molar-refractivity contribution in [3.8, 4) is 0 Å². The standard InChI is InChI=1S/C5H5N.C2H4O2.Cd/c1-2-4-6-5-3-1;1-2(3)4;/h1-5H;1H3,(H,3,4);. The van der Waals surface area contributed by atoms with Crippen LogP contribution in [-0.2, 0) is 32.1 Å². The van der Waals surface area contributed by atoms with Gasteiger partial charge in [0.25, 0.3) is 5.97 Å². The molecule has 1 aromatic heterocycles. The van der Waals surface area contributed by atoms with E-state index < -0.39 is 5.97 Å². The normalized spacial score (nSPS) is 6.64. The van der Waals surface area contributed by atoms with Crippen molar-refractivity contribution in [1.82, 2.24) is 4.98 Å². The maximum Gasteiger partial charge on any atom is 0.300 e. The molecule has 0 aliphatic heterocycles. The molecule has 0 fully saturated rings. The summed E-state index contributed by atoms with van der Waals surface area (Å²) in [5, 5.41) is 7.42. The van der Waals surface area contributed by atoms with Gasteiger partial charge in [0.05, 0.1) is 0 Å². The molecule has 0 saturated carbocycles. The fraction of sp³-hybridized carbons (Fsp3) is 0.143. The van der Waals surface area contributed by atoms with Gasteiger partial charge in [-0.2, -0.15) is 0 Å². The fourth-order valence-electron chi connectivity index (χ4n) is 0.313. The Morgan fingerprint density at radius 2 is 1.64 bits per heavy atom. The number of carboxylic acids is 1. The molecule has 1 rings (SSSR count). The Bertz CT molecular complexity index is 148. The molecular formula is C7H9CdNO2. The number of carboxylic acid groups (broad SMARTS) is 1. The Labute approximate surface area is 85.6 Å². The Balaban J connectivity index is 0. The van der Waals surface area contributed by atoms with Gasteiger partial charge >= 0.3 is 0 Å². The molecule has 0 atom stereocenters. The average Bonchev–Trinajstić information content (AvgIpc) is 1.90. The smallest absolute Gasteiger partial charge is 0.300 e. The van der Waals surface area contributed by atoms with Crippen LogP contribution in [0.4, 0.5) is 0 Å². The first-order chi connectivity index (χ1) is 4.73. The molecular weight excluding hydrogens is 242 g/mol. The zero-order valence-corrected chi connectivity index (χ0v) is 10.4. The van der Waals surface area contributed by atoms with Crippen molar-refractivity contribution in [2.45, 2.75) is 6.92 Å². The summed E-state index contributed by atoms with van der Waals surface area (Å²) in [6.45, 7) is 1.08. The molecule has 0 saturated heterocycles. The van der Waals surface area contributed by atoms with Crippen LogP contribution in [0.1, 0.15) is 6.92 Å². The van der Waals surface area contributed by atoms with Crippen LogP contribution in [-0.4, -0.2) is 16.1 Å². The maximum atomic E-state index is 9.00. The topological polar surface area (TPSA) is 50.2 Å². The quantitative estimate of drug-likeness (QED) is 0.704. The minimum absolute atomic E-state index is 0. The Morgan fingerprint density at radius 1 is 1.27 bits per heavy atom. The molecule has 0 aromatic carbocycles. The second-order valence-corrected chi connectivity index (χ2v) is 1.54. The second kappa shape index (κ2) is 9.54. The van der Waals surface area contributed by atoms with Crippen molar-refractivity contribution < 1.29 is 37.2 Å². The first-order valence-electron chi connectivity index (χ1n) is 2.78. The molecule has 0 bridgehead atoms. The van der Waals surface area contributed by atoms with Crippen LogP contribution < -0.4 is 0 Å². The SMILES string of the molecule is CC(=O)O.[Cd].c1ccncc1. The molecule has 0 amide bonds. The van der Waals surface area contributed by atoms with Gasteiger partial charge in [0.2, 0.25) is 0 Å². The molecule has 0 aliphatic rings. The van der Waals surface area contributed by atoms with Crippen molar-refractivity contribution in [2.75, 3.05) is 0 Å². The maximum absolute atomic E-state index is 9.00. The number of pyridine rings is 1. The van der Waals surface area contributed by atoms with E-state index >= 15 is 0 Å². The fourth-order valence-corrected chi connectivity index (χ4v) is 0.313. The van der Waals surface area contributed by atoms with Crippen molar-refractivity contribution in [1.29, 1.82) is 0 Å². The van der Waals surface area contributed by atoms with Gasteiger partial charge in [-0.25, -0.2) is 0 Å². The summed E-state index contributed by atoms with van der Waals surface area (Å²) in [4.78, 5) is 12.8. The Morgan fingerprint density at radius 3 is 1.73 bits per heavy atom. The third kappa shape index (κ3) is 17.7.